The van der Waals surface area contributed by atoms with Gasteiger partial charge in [-0.25, -0.2) is 0 Å². The van der Waals surface area contributed by atoms with Gasteiger partial charge in [0.05, 0.1) is 0 Å². The molecule has 2 aromatic carbocycles. The molecule has 0 N–H and O–H groups in total. The van der Waals surface area contributed by atoms with E-state index in [-0.39, 0.29) is 0 Å². The van der Waals surface area contributed by atoms with Gasteiger partial charge < -0.3 is 0 Å². The third-order valence-electron chi connectivity index (χ3n) is 5.70. The third-order valence-corrected chi connectivity index (χ3v) is 7.93. The Bertz CT molecular complexity index is 905. The standard InChI is InChI=1S/C22H18Br4/c1-10-4-15-17(6-13(23)8-19(15)25)21(10)12(3)22-11(2)5-16-18(22)7-14(24)9-20(16)26/h4-9,12,21-22H,1-3H3. The van der Waals surface area contributed by atoms with Gasteiger partial charge in [0.25, 0.3) is 0 Å². The van der Waals surface area contributed by atoms with E-state index in [1.165, 1.54) is 42.3 Å². The predicted molar refractivity (Wildman–Crippen MR) is 126 cm³/mol. The van der Waals surface area contributed by atoms with Gasteiger partial charge >= 0.3 is 0 Å². The highest BCUT2D eigenvalue weighted by Gasteiger charge is 2.37. The molecule has 0 bridgehead atoms. The maximum Gasteiger partial charge on any atom is 0.0261 e. The van der Waals surface area contributed by atoms with E-state index in [4.69, 9.17) is 0 Å². The number of hydrogen-bond donors (Lipinski definition) is 0. The lowest BCUT2D eigenvalue weighted by atomic mass is 9.73. The van der Waals surface area contributed by atoms with Gasteiger partial charge in [-0.3, -0.25) is 0 Å². The normalized spacial score (nSPS) is 22.0. The molecule has 2 unspecified atom stereocenters. The molecule has 0 fully saturated rings. The zero-order chi connectivity index (χ0) is 18.7. The molecule has 0 aromatic heterocycles. The average molecular weight is 602 g/mol. The number of fused-ring (bicyclic) bond motifs is 2. The van der Waals surface area contributed by atoms with E-state index in [1.54, 1.807) is 0 Å². The average Bonchev–Trinajstić information content (AvgIpc) is 3.04. The third kappa shape index (κ3) is 3.05. The van der Waals surface area contributed by atoms with Crippen LogP contribution in [0.1, 0.15) is 54.9 Å². The molecule has 0 heterocycles. The SMILES string of the molecule is CC1=Cc2c(Br)cc(Br)cc2C1C(C)C1C(C)=Cc2c(Br)cc(Br)cc21. The van der Waals surface area contributed by atoms with E-state index in [0.29, 0.717) is 17.8 Å². The van der Waals surface area contributed by atoms with E-state index in [2.05, 4.69) is 121 Å². The maximum atomic E-state index is 3.74. The number of halogens is 4. The lowest BCUT2D eigenvalue weighted by Crippen LogP contribution is -2.18. The monoisotopic (exact) mass is 598 g/mol. The summed E-state index contributed by atoms with van der Waals surface area (Å²) >= 11 is 14.8. The first-order chi connectivity index (χ1) is 12.3. The van der Waals surface area contributed by atoms with Crippen LogP contribution in [0.5, 0.6) is 0 Å². The summed E-state index contributed by atoms with van der Waals surface area (Å²) in [6.45, 7) is 6.94. The molecule has 4 rings (SSSR count). The fraction of sp³-hybridized carbons (Fsp3) is 0.273. The summed E-state index contributed by atoms with van der Waals surface area (Å²) in [6.07, 6.45) is 4.69. The Labute approximate surface area is 188 Å². The van der Waals surface area contributed by atoms with Crippen molar-refractivity contribution in [2.24, 2.45) is 5.92 Å². The summed E-state index contributed by atoms with van der Waals surface area (Å²) in [7, 11) is 0. The van der Waals surface area contributed by atoms with Crippen molar-refractivity contribution in [2.75, 3.05) is 0 Å². The van der Waals surface area contributed by atoms with Gasteiger partial charge in [-0.2, -0.15) is 0 Å². The zero-order valence-electron chi connectivity index (χ0n) is 14.7. The van der Waals surface area contributed by atoms with Crippen molar-refractivity contribution < 1.29 is 0 Å². The van der Waals surface area contributed by atoms with E-state index in [1.807, 2.05) is 0 Å². The topological polar surface area (TPSA) is 0 Å². The van der Waals surface area contributed by atoms with Gasteiger partial charge in [-0.1, -0.05) is 93.9 Å². The van der Waals surface area contributed by atoms with Gasteiger partial charge in [0, 0.05) is 29.7 Å². The van der Waals surface area contributed by atoms with Crippen LogP contribution < -0.4 is 0 Å². The fourth-order valence-electron chi connectivity index (χ4n) is 4.74. The van der Waals surface area contributed by atoms with E-state index < -0.39 is 0 Å². The van der Waals surface area contributed by atoms with Gasteiger partial charge in [-0.05, 0) is 66.3 Å². The largest absolute Gasteiger partial charge is 0.0649 e. The van der Waals surface area contributed by atoms with Gasteiger partial charge in [-0.15, -0.1) is 0 Å². The Morgan fingerprint density at radius 1 is 0.692 bits per heavy atom. The molecule has 2 aliphatic carbocycles. The van der Waals surface area contributed by atoms with Crippen LogP contribution in [0.25, 0.3) is 12.2 Å². The van der Waals surface area contributed by atoms with Crippen molar-refractivity contribution in [1.29, 1.82) is 0 Å². The first-order valence-corrected chi connectivity index (χ1v) is 11.8. The molecule has 26 heavy (non-hydrogen) atoms. The molecular formula is C22H18Br4. The highest BCUT2D eigenvalue weighted by Crippen LogP contribution is 2.53. The summed E-state index contributed by atoms with van der Waals surface area (Å²) in [4.78, 5) is 0. The zero-order valence-corrected chi connectivity index (χ0v) is 21.1. The first kappa shape index (κ1) is 19.2. The number of rotatable bonds is 2. The van der Waals surface area contributed by atoms with Crippen LogP contribution in [0.2, 0.25) is 0 Å². The summed E-state index contributed by atoms with van der Waals surface area (Å²) in [5.41, 5.74) is 8.40. The number of benzene rings is 2. The first-order valence-electron chi connectivity index (χ1n) is 8.62. The van der Waals surface area contributed by atoms with Gasteiger partial charge in [0.2, 0.25) is 0 Å². The second kappa shape index (κ2) is 7.02. The Kier molecular flexibility index (Phi) is 5.18. The van der Waals surface area contributed by atoms with E-state index in [0.717, 1.165) is 8.95 Å². The van der Waals surface area contributed by atoms with Crippen LogP contribution in [0.3, 0.4) is 0 Å². The van der Waals surface area contributed by atoms with E-state index >= 15 is 0 Å². The Balaban J connectivity index is 1.81. The molecule has 0 nitrogen and oxygen atoms in total. The van der Waals surface area contributed by atoms with Crippen molar-refractivity contribution in [3.63, 3.8) is 0 Å². The molecular weight excluding hydrogens is 584 g/mol. The number of allylic oxidation sites excluding steroid dienone is 2. The molecule has 2 atom stereocenters. The maximum absolute atomic E-state index is 3.74. The minimum Gasteiger partial charge on any atom is -0.0649 e. The molecule has 0 spiro atoms. The van der Waals surface area contributed by atoms with Crippen molar-refractivity contribution in [1.82, 2.24) is 0 Å². The van der Waals surface area contributed by atoms with Crippen LogP contribution in [0.4, 0.5) is 0 Å². The number of hydrogen-bond acceptors (Lipinski definition) is 0. The molecule has 4 heteroatoms. The highest BCUT2D eigenvalue weighted by atomic mass is 79.9. The second-order valence-corrected chi connectivity index (χ2v) is 10.9. The quantitative estimate of drug-likeness (QED) is 0.322. The lowest BCUT2D eigenvalue weighted by Gasteiger charge is -2.30. The molecule has 0 saturated heterocycles. The Morgan fingerprint density at radius 3 is 1.46 bits per heavy atom. The van der Waals surface area contributed by atoms with E-state index in [9.17, 15) is 0 Å². The molecule has 2 aliphatic rings. The Hall–Kier alpha value is -0.160. The van der Waals surface area contributed by atoms with Crippen LogP contribution in [0, 0.1) is 5.92 Å². The van der Waals surface area contributed by atoms with Crippen LogP contribution in [0.15, 0.2) is 53.3 Å². The summed E-state index contributed by atoms with van der Waals surface area (Å²) < 4.78 is 4.60. The van der Waals surface area contributed by atoms with Crippen molar-refractivity contribution in [3.05, 3.63) is 75.6 Å². The predicted octanol–water partition coefficient (Wildman–Crippen LogP) is 9.07. The lowest BCUT2D eigenvalue weighted by molar-refractivity contribution is 0.455. The molecule has 2 aromatic rings. The Morgan fingerprint density at radius 2 is 1.08 bits per heavy atom. The summed E-state index contributed by atoms with van der Waals surface area (Å²) in [5.74, 6) is 1.33. The molecule has 134 valence electrons. The summed E-state index contributed by atoms with van der Waals surface area (Å²) in [5, 5.41) is 0. The second-order valence-electron chi connectivity index (χ2n) is 7.37. The molecule has 0 amide bonds. The molecule has 0 saturated carbocycles. The van der Waals surface area contributed by atoms with Gasteiger partial charge in [0.1, 0.15) is 0 Å². The van der Waals surface area contributed by atoms with Crippen molar-refractivity contribution in [3.8, 4) is 0 Å². The van der Waals surface area contributed by atoms with Crippen molar-refractivity contribution >= 4 is 75.9 Å². The fourth-order valence-corrected chi connectivity index (χ4v) is 7.49. The molecule has 0 radical (unpaired) electrons. The molecule has 0 aliphatic heterocycles. The minimum absolute atomic E-state index is 0.427. The van der Waals surface area contributed by atoms with Crippen LogP contribution >= 0.6 is 63.7 Å². The van der Waals surface area contributed by atoms with Gasteiger partial charge in [0.15, 0.2) is 0 Å². The smallest absolute Gasteiger partial charge is 0.0261 e. The van der Waals surface area contributed by atoms with Crippen molar-refractivity contribution in [2.45, 2.75) is 32.6 Å². The van der Waals surface area contributed by atoms with Crippen LogP contribution in [-0.4, -0.2) is 0 Å². The highest BCUT2D eigenvalue weighted by molar-refractivity contribution is 9.11. The summed E-state index contributed by atoms with van der Waals surface area (Å²) in [6, 6.07) is 8.86. The van der Waals surface area contributed by atoms with Crippen LogP contribution in [-0.2, 0) is 0 Å². The minimum atomic E-state index is 0.427.